The lowest BCUT2D eigenvalue weighted by Gasteiger charge is -2.40. The number of aryl methyl sites for hydroxylation is 2. The SMILES string of the molecule is Cc1cc(-n2nccn2)c(C(=O)N2CCC[C@@H](C)[C@H]2CCc2ccc(C(F)(F)F)cn2)cc1F. The third-order valence-corrected chi connectivity index (χ3v) is 6.37. The average molecular weight is 475 g/mol. The molecule has 2 aromatic heterocycles. The number of rotatable bonds is 5. The van der Waals surface area contributed by atoms with Gasteiger partial charge in [0.15, 0.2) is 0 Å². The van der Waals surface area contributed by atoms with Crippen molar-refractivity contribution in [2.45, 2.75) is 51.7 Å². The van der Waals surface area contributed by atoms with Gasteiger partial charge in [-0.15, -0.1) is 0 Å². The first-order chi connectivity index (χ1) is 16.1. The van der Waals surface area contributed by atoms with Crippen LogP contribution in [0.2, 0.25) is 0 Å². The van der Waals surface area contributed by atoms with Crippen LogP contribution in [-0.4, -0.2) is 43.4 Å². The fourth-order valence-corrected chi connectivity index (χ4v) is 4.48. The number of piperidine rings is 1. The quantitative estimate of drug-likeness (QED) is 0.487. The van der Waals surface area contributed by atoms with Crippen molar-refractivity contribution in [1.29, 1.82) is 0 Å². The highest BCUT2D eigenvalue weighted by molar-refractivity contribution is 5.98. The van der Waals surface area contributed by atoms with Gasteiger partial charge in [0.05, 0.1) is 29.2 Å². The molecule has 4 rings (SSSR count). The van der Waals surface area contributed by atoms with Crippen LogP contribution in [0.15, 0.2) is 42.9 Å². The number of hydrogen-bond donors (Lipinski definition) is 0. The maximum Gasteiger partial charge on any atom is 0.417 e. The number of carbonyl (C=O) groups excluding carboxylic acids is 1. The Kier molecular flexibility index (Phi) is 6.67. The Morgan fingerprint density at radius 1 is 1.18 bits per heavy atom. The molecule has 34 heavy (non-hydrogen) atoms. The standard InChI is InChI=1S/C24H25F4N5O/c1-15-4-3-11-32(21(15)8-7-18-6-5-17(14-29-18)24(26,27)28)23(34)19-13-20(25)16(2)12-22(19)33-30-9-10-31-33/h5-6,9-10,12-15,21H,3-4,7-8,11H2,1-2H3/t15-,21-/m1/s1. The molecular weight excluding hydrogens is 450 g/mol. The van der Waals surface area contributed by atoms with Crippen molar-refractivity contribution >= 4 is 5.91 Å². The number of pyridine rings is 1. The zero-order chi connectivity index (χ0) is 24.5. The van der Waals surface area contributed by atoms with E-state index in [0.29, 0.717) is 36.3 Å². The van der Waals surface area contributed by atoms with Crippen LogP contribution >= 0.6 is 0 Å². The summed E-state index contributed by atoms with van der Waals surface area (Å²) in [7, 11) is 0. The van der Waals surface area contributed by atoms with Gasteiger partial charge in [-0.25, -0.2) is 4.39 Å². The molecule has 10 heteroatoms. The molecule has 1 saturated heterocycles. The van der Waals surface area contributed by atoms with Crippen LogP contribution in [0.3, 0.4) is 0 Å². The smallest absolute Gasteiger partial charge is 0.335 e. The molecule has 1 aliphatic heterocycles. The van der Waals surface area contributed by atoms with Crippen molar-refractivity contribution < 1.29 is 22.4 Å². The van der Waals surface area contributed by atoms with Gasteiger partial charge in [-0.2, -0.15) is 28.2 Å². The predicted octanol–water partition coefficient (Wildman–Crippen LogP) is 5.00. The Labute approximate surface area is 194 Å². The lowest BCUT2D eigenvalue weighted by Crippen LogP contribution is -2.48. The first kappa shape index (κ1) is 23.8. The first-order valence-electron chi connectivity index (χ1n) is 11.1. The normalized spacial score (nSPS) is 18.8. The van der Waals surface area contributed by atoms with E-state index in [9.17, 15) is 22.4 Å². The number of benzene rings is 1. The Morgan fingerprint density at radius 3 is 2.56 bits per heavy atom. The first-order valence-corrected chi connectivity index (χ1v) is 11.1. The van der Waals surface area contributed by atoms with Crippen molar-refractivity contribution in [3.8, 4) is 5.69 Å². The van der Waals surface area contributed by atoms with Crippen LogP contribution in [0.1, 0.15) is 53.4 Å². The van der Waals surface area contributed by atoms with Crippen LogP contribution < -0.4 is 0 Å². The van der Waals surface area contributed by atoms with E-state index in [2.05, 4.69) is 22.1 Å². The summed E-state index contributed by atoms with van der Waals surface area (Å²) in [6, 6.07) is 5.02. The molecule has 1 fully saturated rings. The molecule has 3 aromatic rings. The Morgan fingerprint density at radius 2 is 1.91 bits per heavy atom. The molecule has 0 saturated carbocycles. The number of likely N-dealkylation sites (tertiary alicyclic amines) is 1. The molecule has 1 aromatic carbocycles. The van der Waals surface area contributed by atoms with Crippen molar-refractivity contribution in [3.63, 3.8) is 0 Å². The zero-order valence-electron chi connectivity index (χ0n) is 18.9. The van der Waals surface area contributed by atoms with Gasteiger partial charge in [0.1, 0.15) is 5.82 Å². The van der Waals surface area contributed by atoms with Gasteiger partial charge < -0.3 is 4.90 Å². The zero-order valence-corrected chi connectivity index (χ0v) is 18.9. The summed E-state index contributed by atoms with van der Waals surface area (Å²) in [5.74, 6) is -0.633. The monoisotopic (exact) mass is 475 g/mol. The summed E-state index contributed by atoms with van der Waals surface area (Å²) < 4.78 is 52.9. The molecule has 6 nitrogen and oxygen atoms in total. The fraction of sp³-hybridized carbons (Fsp3) is 0.417. The lowest BCUT2D eigenvalue weighted by molar-refractivity contribution is -0.137. The van der Waals surface area contributed by atoms with E-state index >= 15 is 0 Å². The van der Waals surface area contributed by atoms with Crippen LogP contribution in [-0.2, 0) is 12.6 Å². The van der Waals surface area contributed by atoms with Crippen molar-refractivity contribution in [2.24, 2.45) is 5.92 Å². The van der Waals surface area contributed by atoms with Crippen molar-refractivity contribution in [3.05, 3.63) is 71.1 Å². The number of alkyl halides is 3. The molecule has 2 atom stereocenters. The molecule has 0 aliphatic carbocycles. The molecule has 0 bridgehead atoms. The summed E-state index contributed by atoms with van der Waals surface area (Å²) in [6.45, 7) is 4.17. The van der Waals surface area contributed by atoms with Gasteiger partial charge >= 0.3 is 6.18 Å². The number of amides is 1. The lowest BCUT2D eigenvalue weighted by atomic mass is 9.86. The minimum Gasteiger partial charge on any atom is -0.335 e. The maximum atomic E-state index is 14.5. The number of carbonyl (C=O) groups is 1. The number of aromatic nitrogens is 4. The molecule has 1 aliphatic rings. The molecule has 3 heterocycles. The molecular formula is C24H25F4N5O. The summed E-state index contributed by atoms with van der Waals surface area (Å²) in [4.78, 5) is 20.7. The van der Waals surface area contributed by atoms with E-state index < -0.39 is 17.6 Å². The number of nitrogens with zero attached hydrogens (tertiary/aromatic N) is 5. The van der Waals surface area contributed by atoms with E-state index in [0.717, 1.165) is 25.1 Å². The third-order valence-electron chi connectivity index (χ3n) is 6.37. The van der Waals surface area contributed by atoms with Gasteiger partial charge in [0.25, 0.3) is 5.91 Å². The van der Waals surface area contributed by atoms with Crippen LogP contribution in [0.5, 0.6) is 0 Å². The van der Waals surface area contributed by atoms with E-state index in [-0.39, 0.29) is 23.4 Å². The summed E-state index contributed by atoms with van der Waals surface area (Å²) >= 11 is 0. The highest BCUT2D eigenvalue weighted by atomic mass is 19.4. The maximum absolute atomic E-state index is 14.5. The van der Waals surface area contributed by atoms with Crippen LogP contribution in [0.25, 0.3) is 5.69 Å². The Balaban J connectivity index is 1.58. The molecule has 0 spiro atoms. The van der Waals surface area contributed by atoms with Crippen molar-refractivity contribution in [2.75, 3.05) is 6.54 Å². The predicted molar refractivity (Wildman–Crippen MR) is 117 cm³/mol. The highest BCUT2D eigenvalue weighted by Gasteiger charge is 2.34. The fourth-order valence-electron chi connectivity index (χ4n) is 4.48. The van der Waals surface area contributed by atoms with Gasteiger partial charge in [-0.3, -0.25) is 9.78 Å². The van der Waals surface area contributed by atoms with Gasteiger partial charge in [-0.1, -0.05) is 6.92 Å². The Hall–Kier alpha value is -3.30. The molecule has 0 radical (unpaired) electrons. The summed E-state index contributed by atoms with van der Waals surface area (Å²) in [5.41, 5.74) is 0.684. The summed E-state index contributed by atoms with van der Waals surface area (Å²) in [5, 5.41) is 8.21. The van der Waals surface area contributed by atoms with E-state index in [1.807, 2.05) is 0 Å². The second kappa shape index (κ2) is 9.52. The Bertz CT molecular complexity index is 1150. The second-order valence-electron chi connectivity index (χ2n) is 8.70. The largest absolute Gasteiger partial charge is 0.417 e. The average Bonchev–Trinajstić information content (AvgIpc) is 3.34. The van der Waals surface area contributed by atoms with E-state index in [4.69, 9.17) is 0 Å². The van der Waals surface area contributed by atoms with E-state index in [1.165, 1.54) is 29.3 Å². The third kappa shape index (κ3) is 4.95. The summed E-state index contributed by atoms with van der Waals surface area (Å²) in [6.07, 6.45) is 2.06. The molecule has 0 N–H and O–H groups in total. The second-order valence-corrected chi connectivity index (χ2v) is 8.70. The molecule has 0 unspecified atom stereocenters. The van der Waals surface area contributed by atoms with E-state index in [1.54, 1.807) is 17.9 Å². The van der Waals surface area contributed by atoms with Crippen LogP contribution in [0, 0.1) is 18.7 Å². The minimum atomic E-state index is -4.43. The number of halogens is 4. The molecule has 180 valence electrons. The van der Waals surface area contributed by atoms with Gasteiger partial charge in [-0.05, 0) is 68.4 Å². The van der Waals surface area contributed by atoms with Gasteiger partial charge in [0.2, 0.25) is 0 Å². The number of hydrogen-bond acceptors (Lipinski definition) is 4. The van der Waals surface area contributed by atoms with Gasteiger partial charge in [0, 0.05) is 24.5 Å². The minimum absolute atomic E-state index is 0.159. The van der Waals surface area contributed by atoms with Crippen molar-refractivity contribution in [1.82, 2.24) is 24.9 Å². The highest BCUT2D eigenvalue weighted by Crippen LogP contribution is 2.31. The van der Waals surface area contributed by atoms with Crippen LogP contribution in [0.4, 0.5) is 17.6 Å². The molecule has 1 amide bonds. The topological polar surface area (TPSA) is 63.9 Å².